The van der Waals surface area contributed by atoms with Crippen LogP contribution in [0.5, 0.6) is 0 Å². The lowest BCUT2D eigenvalue weighted by Crippen LogP contribution is -2.32. The average molecular weight is 230 g/mol. The molecule has 5 heteroatoms. The number of ether oxygens (including phenoxy) is 1. The van der Waals surface area contributed by atoms with Crippen LogP contribution in [-0.2, 0) is 14.4 Å². The minimum atomic E-state index is -0.262. The van der Waals surface area contributed by atoms with Gasteiger partial charge in [-0.3, -0.25) is 4.79 Å². The van der Waals surface area contributed by atoms with E-state index in [0.717, 1.165) is 45.1 Å². The topological polar surface area (TPSA) is 73.6 Å². The maximum absolute atomic E-state index is 11.3. The number of hydrogen-bond acceptors (Lipinski definition) is 4. The minimum Gasteiger partial charge on any atom is -0.350 e. The van der Waals surface area contributed by atoms with E-state index in [0.29, 0.717) is 13.0 Å². The van der Waals surface area contributed by atoms with Crippen molar-refractivity contribution in [2.24, 2.45) is 5.73 Å². The van der Waals surface area contributed by atoms with Crippen molar-refractivity contribution >= 4 is 5.91 Å². The predicted molar refractivity (Wildman–Crippen MR) is 60.3 cm³/mol. The standard InChI is InChI=1S/C11H22N2O3/c12-8-4-1-2-6-10(14)13-16-11-7-3-5-9-15-11/h11H,1-9,12H2,(H,13,14). The highest BCUT2D eigenvalue weighted by Gasteiger charge is 2.15. The van der Waals surface area contributed by atoms with Crippen molar-refractivity contribution in [3.8, 4) is 0 Å². The van der Waals surface area contributed by atoms with Gasteiger partial charge in [0.25, 0.3) is 0 Å². The number of amides is 1. The Kier molecular flexibility index (Phi) is 7.12. The third-order valence-electron chi connectivity index (χ3n) is 2.55. The molecule has 1 atom stereocenters. The van der Waals surface area contributed by atoms with Gasteiger partial charge in [0.15, 0.2) is 6.29 Å². The molecular weight excluding hydrogens is 208 g/mol. The summed E-state index contributed by atoms with van der Waals surface area (Å²) in [5.74, 6) is -0.0776. The molecule has 1 saturated heterocycles. The van der Waals surface area contributed by atoms with Gasteiger partial charge in [-0.1, -0.05) is 6.42 Å². The summed E-state index contributed by atoms with van der Waals surface area (Å²) in [7, 11) is 0. The molecule has 16 heavy (non-hydrogen) atoms. The summed E-state index contributed by atoms with van der Waals surface area (Å²) in [5, 5.41) is 0. The van der Waals surface area contributed by atoms with Crippen LogP contribution in [0.3, 0.4) is 0 Å². The van der Waals surface area contributed by atoms with Crippen molar-refractivity contribution in [3.05, 3.63) is 0 Å². The van der Waals surface area contributed by atoms with Gasteiger partial charge >= 0.3 is 0 Å². The van der Waals surface area contributed by atoms with Crippen LogP contribution in [-0.4, -0.2) is 25.3 Å². The third kappa shape index (κ3) is 6.05. The minimum absolute atomic E-state index is 0.0776. The molecule has 1 rings (SSSR count). The quantitative estimate of drug-likeness (QED) is 0.507. The van der Waals surface area contributed by atoms with Crippen LogP contribution < -0.4 is 11.2 Å². The normalized spacial score (nSPS) is 20.7. The Labute approximate surface area is 96.6 Å². The van der Waals surface area contributed by atoms with Crippen LogP contribution in [0.4, 0.5) is 0 Å². The van der Waals surface area contributed by atoms with Crippen LogP contribution in [0.15, 0.2) is 0 Å². The molecule has 0 saturated carbocycles. The summed E-state index contributed by atoms with van der Waals surface area (Å²) in [6.07, 6.45) is 6.08. The zero-order valence-electron chi connectivity index (χ0n) is 9.74. The maximum atomic E-state index is 11.3. The number of hydrogen-bond donors (Lipinski definition) is 2. The van der Waals surface area contributed by atoms with Gasteiger partial charge in [-0.15, -0.1) is 0 Å². The van der Waals surface area contributed by atoms with Crippen molar-refractivity contribution in [2.75, 3.05) is 13.2 Å². The smallest absolute Gasteiger partial charge is 0.243 e. The van der Waals surface area contributed by atoms with Gasteiger partial charge in [-0.2, -0.15) is 0 Å². The summed E-state index contributed by atoms with van der Waals surface area (Å²) in [6.45, 7) is 1.41. The fourth-order valence-electron chi connectivity index (χ4n) is 1.59. The second kappa shape index (κ2) is 8.50. The molecule has 0 spiro atoms. The zero-order chi connectivity index (χ0) is 11.6. The Morgan fingerprint density at radius 2 is 2.25 bits per heavy atom. The molecule has 1 aliphatic heterocycles. The van der Waals surface area contributed by atoms with Crippen molar-refractivity contribution < 1.29 is 14.4 Å². The molecule has 0 aromatic heterocycles. The van der Waals surface area contributed by atoms with Crippen molar-refractivity contribution in [2.45, 2.75) is 51.2 Å². The number of unbranched alkanes of at least 4 members (excludes halogenated alkanes) is 2. The summed E-state index contributed by atoms with van der Waals surface area (Å²) < 4.78 is 5.32. The first-order valence-electron chi connectivity index (χ1n) is 6.09. The summed E-state index contributed by atoms with van der Waals surface area (Å²) in [6, 6.07) is 0. The van der Waals surface area contributed by atoms with Crippen LogP contribution >= 0.6 is 0 Å². The lowest BCUT2D eigenvalue weighted by Gasteiger charge is -2.22. The molecule has 0 aromatic carbocycles. The zero-order valence-corrected chi connectivity index (χ0v) is 9.74. The lowest BCUT2D eigenvalue weighted by atomic mass is 10.2. The number of carbonyl (C=O) groups excluding carboxylic acids is 1. The summed E-state index contributed by atoms with van der Waals surface area (Å²) in [4.78, 5) is 16.5. The second-order valence-corrected chi connectivity index (χ2v) is 4.04. The second-order valence-electron chi connectivity index (χ2n) is 4.04. The first-order chi connectivity index (χ1) is 7.83. The monoisotopic (exact) mass is 230 g/mol. The molecule has 1 fully saturated rings. The van der Waals surface area contributed by atoms with Crippen molar-refractivity contribution in [1.82, 2.24) is 5.48 Å². The maximum Gasteiger partial charge on any atom is 0.243 e. The van der Waals surface area contributed by atoms with Crippen LogP contribution in [0.1, 0.15) is 44.9 Å². The van der Waals surface area contributed by atoms with Crippen LogP contribution in [0.25, 0.3) is 0 Å². The molecule has 0 bridgehead atoms. The highest BCUT2D eigenvalue weighted by molar-refractivity contribution is 5.74. The number of carbonyl (C=O) groups is 1. The Bertz CT molecular complexity index is 194. The fourth-order valence-corrected chi connectivity index (χ4v) is 1.59. The molecule has 94 valence electrons. The van der Waals surface area contributed by atoms with Gasteiger partial charge in [-0.25, -0.2) is 10.3 Å². The van der Waals surface area contributed by atoms with Gasteiger partial charge in [0.2, 0.25) is 5.91 Å². The van der Waals surface area contributed by atoms with Gasteiger partial charge in [0.1, 0.15) is 0 Å². The molecule has 1 amide bonds. The highest BCUT2D eigenvalue weighted by atomic mass is 16.8. The van der Waals surface area contributed by atoms with E-state index < -0.39 is 0 Å². The molecule has 1 heterocycles. The van der Waals surface area contributed by atoms with Crippen LogP contribution in [0, 0.1) is 0 Å². The summed E-state index contributed by atoms with van der Waals surface area (Å²) >= 11 is 0. The molecule has 1 aliphatic rings. The van der Waals surface area contributed by atoms with Crippen LogP contribution in [0.2, 0.25) is 0 Å². The summed E-state index contributed by atoms with van der Waals surface area (Å²) in [5.41, 5.74) is 7.79. The lowest BCUT2D eigenvalue weighted by molar-refractivity contribution is -0.200. The first-order valence-corrected chi connectivity index (χ1v) is 6.09. The average Bonchev–Trinajstić information content (AvgIpc) is 2.33. The van der Waals surface area contributed by atoms with Gasteiger partial charge < -0.3 is 10.5 Å². The van der Waals surface area contributed by atoms with E-state index in [1.54, 1.807) is 0 Å². The van der Waals surface area contributed by atoms with E-state index in [1.165, 1.54) is 0 Å². The molecule has 3 N–H and O–H groups in total. The Morgan fingerprint density at radius 1 is 1.38 bits per heavy atom. The van der Waals surface area contributed by atoms with Gasteiger partial charge in [0.05, 0.1) is 0 Å². The van der Waals surface area contributed by atoms with E-state index in [-0.39, 0.29) is 12.2 Å². The first kappa shape index (κ1) is 13.4. The number of nitrogens with two attached hydrogens (primary N) is 1. The third-order valence-corrected chi connectivity index (χ3v) is 2.55. The van der Waals surface area contributed by atoms with E-state index in [2.05, 4.69) is 5.48 Å². The van der Waals surface area contributed by atoms with E-state index in [4.69, 9.17) is 15.3 Å². The fraction of sp³-hybridized carbons (Fsp3) is 0.909. The van der Waals surface area contributed by atoms with E-state index in [1.807, 2.05) is 0 Å². The number of nitrogens with one attached hydrogen (secondary N) is 1. The molecule has 0 aromatic rings. The SMILES string of the molecule is NCCCCCC(=O)NOC1CCCCO1. The van der Waals surface area contributed by atoms with E-state index >= 15 is 0 Å². The Balaban J connectivity index is 1.96. The van der Waals surface area contributed by atoms with Gasteiger partial charge in [0, 0.05) is 19.4 Å². The molecule has 0 aliphatic carbocycles. The largest absolute Gasteiger partial charge is 0.350 e. The predicted octanol–water partition coefficient (Wildman–Crippen LogP) is 1.08. The Morgan fingerprint density at radius 3 is 2.94 bits per heavy atom. The molecule has 0 radical (unpaired) electrons. The van der Waals surface area contributed by atoms with Crippen molar-refractivity contribution in [3.63, 3.8) is 0 Å². The van der Waals surface area contributed by atoms with Gasteiger partial charge in [-0.05, 0) is 32.2 Å². The van der Waals surface area contributed by atoms with E-state index in [9.17, 15) is 4.79 Å². The molecular formula is C11H22N2O3. The highest BCUT2D eigenvalue weighted by Crippen LogP contribution is 2.12. The number of rotatable bonds is 7. The molecule has 5 nitrogen and oxygen atoms in total. The van der Waals surface area contributed by atoms with Crippen molar-refractivity contribution in [1.29, 1.82) is 0 Å². The molecule has 1 unspecified atom stereocenters. The number of hydroxylamine groups is 1. The Hall–Kier alpha value is -0.650.